The molecular weight excluding hydrogens is 264 g/mol. The van der Waals surface area contributed by atoms with Crippen molar-refractivity contribution in [1.82, 2.24) is 9.74 Å². The molecule has 19 heavy (non-hydrogen) atoms. The third-order valence-corrected chi connectivity index (χ3v) is 4.24. The van der Waals surface area contributed by atoms with E-state index in [9.17, 15) is 4.79 Å². The van der Waals surface area contributed by atoms with E-state index in [0.717, 1.165) is 12.3 Å². The minimum Gasteiger partial charge on any atom is -0.489 e. The van der Waals surface area contributed by atoms with Gasteiger partial charge in [-0.25, -0.2) is 0 Å². The van der Waals surface area contributed by atoms with Crippen LogP contribution in [0.15, 0.2) is 24.3 Å². The smallest absolute Gasteiger partial charge is 0.265 e. The van der Waals surface area contributed by atoms with Crippen LogP contribution in [0.25, 0.3) is 0 Å². The Kier molecular flexibility index (Phi) is 3.62. The van der Waals surface area contributed by atoms with Crippen molar-refractivity contribution in [2.75, 3.05) is 19.6 Å². The molecule has 0 radical (unpaired) electrons. The molecule has 0 spiro atoms. The Morgan fingerprint density at radius 1 is 1.37 bits per heavy atom. The molecular formula is C14H17ClN2O2. The first-order valence-electron chi connectivity index (χ1n) is 6.66. The molecule has 0 saturated carbocycles. The summed E-state index contributed by atoms with van der Waals surface area (Å²) >= 11 is 5.34. The monoisotopic (exact) mass is 280 g/mol. The minimum absolute atomic E-state index is 0.247. The van der Waals surface area contributed by atoms with Gasteiger partial charge < -0.3 is 4.74 Å². The van der Waals surface area contributed by atoms with Gasteiger partial charge in [-0.2, -0.15) is 0 Å². The van der Waals surface area contributed by atoms with E-state index >= 15 is 0 Å². The van der Waals surface area contributed by atoms with Gasteiger partial charge >= 0.3 is 0 Å². The molecule has 3 saturated heterocycles. The van der Waals surface area contributed by atoms with Gasteiger partial charge in [-0.3, -0.25) is 14.5 Å². The number of halogens is 1. The first kappa shape index (κ1) is 12.8. The molecule has 5 heteroatoms. The van der Waals surface area contributed by atoms with Crippen molar-refractivity contribution in [2.24, 2.45) is 5.92 Å². The number of nitrogens with one attached hydrogen (secondary N) is 1. The molecule has 3 heterocycles. The highest BCUT2D eigenvalue weighted by molar-refractivity contribution is 6.24. The van der Waals surface area contributed by atoms with E-state index in [2.05, 4.69) is 9.74 Å². The number of carbonyl (C=O) groups excluding carboxylic acids is 1. The number of nitrogens with zero attached hydrogens (tertiary/aromatic N) is 1. The van der Waals surface area contributed by atoms with Crippen molar-refractivity contribution in [3.05, 3.63) is 29.8 Å². The normalized spacial score (nSPS) is 29.0. The summed E-state index contributed by atoms with van der Waals surface area (Å²) in [5, 5.41) is 0. The van der Waals surface area contributed by atoms with Gasteiger partial charge in [0.1, 0.15) is 11.9 Å². The number of ether oxygens (including phenoxy) is 1. The van der Waals surface area contributed by atoms with Gasteiger partial charge in [0.15, 0.2) is 0 Å². The van der Waals surface area contributed by atoms with E-state index in [-0.39, 0.29) is 12.0 Å². The maximum atomic E-state index is 11.5. The molecule has 1 unspecified atom stereocenters. The number of piperidine rings is 3. The Bertz CT molecular complexity index is 472. The summed E-state index contributed by atoms with van der Waals surface area (Å²) < 4.78 is 6.06. The van der Waals surface area contributed by atoms with Crippen LogP contribution in [-0.2, 0) is 0 Å². The molecule has 1 aromatic carbocycles. The molecule has 1 amide bonds. The fourth-order valence-electron chi connectivity index (χ4n) is 2.98. The summed E-state index contributed by atoms with van der Waals surface area (Å²) in [5.41, 5.74) is 0.522. The van der Waals surface area contributed by atoms with Crippen LogP contribution in [-0.4, -0.2) is 36.5 Å². The Balaban J connectivity index is 1.71. The summed E-state index contributed by atoms with van der Waals surface area (Å²) in [6, 6.07) is 7.18. The van der Waals surface area contributed by atoms with Crippen LogP contribution in [0.2, 0.25) is 0 Å². The van der Waals surface area contributed by atoms with Gasteiger partial charge in [0.25, 0.3) is 5.91 Å². The maximum absolute atomic E-state index is 11.5. The summed E-state index contributed by atoms with van der Waals surface area (Å²) in [4.78, 5) is 16.0. The zero-order valence-corrected chi connectivity index (χ0v) is 11.4. The number of amides is 1. The number of rotatable bonds is 3. The minimum atomic E-state index is -0.305. The van der Waals surface area contributed by atoms with Crippen LogP contribution in [0.4, 0.5) is 0 Å². The number of benzene rings is 1. The summed E-state index contributed by atoms with van der Waals surface area (Å²) in [6.45, 7) is 3.38. The second kappa shape index (κ2) is 5.39. The topological polar surface area (TPSA) is 41.6 Å². The van der Waals surface area contributed by atoms with Crippen molar-refractivity contribution >= 4 is 17.7 Å². The highest BCUT2D eigenvalue weighted by Gasteiger charge is 2.35. The van der Waals surface area contributed by atoms with Crippen molar-refractivity contribution in [1.29, 1.82) is 0 Å². The van der Waals surface area contributed by atoms with E-state index in [0.29, 0.717) is 11.5 Å². The average molecular weight is 281 g/mol. The van der Waals surface area contributed by atoms with Crippen LogP contribution < -0.4 is 9.57 Å². The Morgan fingerprint density at radius 2 is 2.16 bits per heavy atom. The molecule has 2 bridgehead atoms. The van der Waals surface area contributed by atoms with Crippen molar-refractivity contribution in [3.63, 3.8) is 0 Å². The molecule has 1 atom stereocenters. The van der Waals surface area contributed by atoms with Gasteiger partial charge in [-0.1, -0.05) is 6.07 Å². The van der Waals surface area contributed by atoms with Crippen LogP contribution in [0.1, 0.15) is 23.2 Å². The fourth-order valence-corrected chi connectivity index (χ4v) is 3.09. The van der Waals surface area contributed by atoms with E-state index in [1.807, 2.05) is 12.1 Å². The lowest BCUT2D eigenvalue weighted by atomic mass is 9.86. The molecule has 3 aliphatic heterocycles. The molecule has 3 aliphatic rings. The van der Waals surface area contributed by atoms with E-state index < -0.39 is 0 Å². The Hall–Kier alpha value is -1.26. The molecule has 1 N–H and O–H groups in total. The number of carbonyl (C=O) groups is 1. The quantitative estimate of drug-likeness (QED) is 0.862. The number of hydrogen-bond donors (Lipinski definition) is 1. The molecule has 0 aliphatic carbocycles. The first-order valence-corrected chi connectivity index (χ1v) is 7.04. The van der Waals surface area contributed by atoms with Gasteiger partial charge in [0, 0.05) is 23.9 Å². The van der Waals surface area contributed by atoms with Gasteiger partial charge in [0.2, 0.25) is 0 Å². The second-order valence-electron chi connectivity index (χ2n) is 5.25. The van der Waals surface area contributed by atoms with Crippen molar-refractivity contribution in [3.8, 4) is 5.75 Å². The van der Waals surface area contributed by atoms with E-state index in [4.69, 9.17) is 16.5 Å². The maximum Gasteiger partial charge on any atom is 0.265 e. The molecule has 4 nitrogen and oxygen atoms in total. The molecule has 3 fully saturated rings. The first-order chi connectivity index (χ1) is 9.26. The van der Waals surface area contributed by atoms with Crippen LogP contribution >= 0.6 is 11.8 Å². The van der Waals surface area contributed by atoms with Crippen LogP contribution in [0.5, 0.6) is 5.75 Å². The average Bonchev–Trinajstić information content (AvgIpc) is 2.48. The van der Waals surface area contributed by atoms with Gasteiger partial charge in [-0.15, -0.1) is 0 Å². The van der Waals surface area contributed by atoms with Crippen LogP contribution in [0, 0.1) is 5.92 Å². The van der Waals surface area contributed by atoms with Crippen molar-refractivity contribution in [2.45, 2.75) is 18.9 Å². The lowest BCUT2D eigenvalue weighted by molar-refractivity contribution is -0.00778. The number of hydrogen-bond acceptors (Lipinski definition) is 3. The molecule has 1 aromatic rings. The SMILES string of the molecule is O=C(NCl)c1cccc(OC2CN3CCC2CC3)c1. The predicted molar refractivity (Wildman–Crippen MR) is 73.3 cm³/mol. The molecule has 102 valence electrons. The molecule has 4 rings (SSSR count). The lowest BCUT2D eigenvalue weighted by Crippen LogP contribution is -2.52. The van der Waals surface area contributed by atoms with E-state index in [1.165, 1.54) is 25.9 Å². The molecule has 0 aromatic heterocycles. The Labute approximate surface area is 117 Å². The third kappa shape index (κ3) is 2.69. The highest BCUT2D eigenvalue weighted by atomic mass is 35.5. The lowest BCUT2D eigenvalue weighted by Gasteiger charge is -2.44. The predicted octanol–water partition coefficient (Wildman–Crippen LogP) is 2.04. The standard InChI is InChI=1S/C14H17ClN2O2/c15-16-14(18)11-2-1-3-12(8-11)19-13-9-17-6-4-10(13)5-7-17/h1-3,8,10,13H,4-7,9H2,(H,16,18). The van der Waals surface area contributed by atoms with Crippen LogP contribution in [0.3, 0.4) is 0 Å². The summed E-state index contributed by atoms with van der Waals surface area (Å²) in [6.07, 6.45) is 2.68. The van der Waals surface area contributed by atoms with Crippen molar-refractivity contribution < 1.29 is 9.53 Å². The summed E-state index contributed by atoms with van der Waals surface area (Å²) in [5.74, 6) is 1.09. The largest absolute Gasteiger partial charge is 0.489 e. The highest BCUT2D eigenvalue weighted by Crippen LogP contribution is 2.30. The fraction of sp³-hybridized carbons (Fsp3) is 0.500. The zero-order chi connectivity index (χ0) is 13.2. The third-order valence-electron chi connectivity index (χ3n) is 4.07. The Morgan fingerprint density at radius 3 is 2.79 bits per heavy atom. The van der Waals surface area contributed by atoms with E-state index in [1.54, 1.807) is 12.1 Å². The number of fused-ring (bicyclic) bond motifs is 3. The van der Waals surface area contributed by atoms with Gasteiger partial charge in [-0.05, 0) is 50.0 Å². The second-order valence-corrected chi connectivity index (χ2v) is 5.43. The zero-order valence-electron chi connectivity index (χ0n) is 10.6. The van der Waals surface area contributed by atoms with Gasteiger partial charge in [0.05, 0.1) is 0 Å². The summed E-state index contributed by atoms with van der Waals surface area (Å²) in [7, 11) is 0.